The van der Waals surface area contributed by atoms with Crippen LogP contribution in [0.4, 0.5) is 5.69 Å². The van der Waals surface area contributed by atoms with Crippen molar-refractivity contribution < 1.29 is 13.5 Å². The Morgan fingerprint density at radius 1 is 1.33 bits per heavy atom. The van der Waals surface area contributed by atoms with Gasteiger partial charge in [-0.05, 0) is 18.6 Å². The fourth-order valence-electron chi connectivity index (χ4n) is 1.88. The van der Waals surface area contributed by atoms with Crippen molar-refractivity contribution >= 4 is 38.9 Å². The second kappa shape index (κ2) is 4.86. The van der Waals surface area contributed by atoms with Crippen LogP contribution in [0.15, 0.2) is 17.0 Å². The number of aliphatic hydroxyl groups is 1. The van der Waals surface area contributed by atoms with E-state index >= 15 is 0 Å². The third-order valence-corrected chi connectivity index (χ3v) is 5.53. The highest BCUT2D eigenvalue weighted by molar-refractivity contribution is 7.89. The first kappa shape index (κ1) is 13.9. The van der Waals surface area contributed by atoms with E-state index in [1.807, 2.05) is 0 Å². The number of hydrogen-bond acceptors (Lipinski definition) is 4. The summed E-state index contributed by atoms with van der Waals surface area (Å²) in [6, 6.07) is 2.68. The number of halogens is 2. The van der Waals surface area contributed by atoms with E-state index in [0.717, 1.165) is 0 Å². The number of sulfonamides is 1. The molecule has 0 spiro atoms. The molecule has 0 amide bonds. The number of nitrogens with zero attached hydrogens (tertiary/aromatic N) is 1. The van der Waals surface area contributed by atoms with Crippen molar-refractivity contribution in [1.29, 1.82) is 0 Å². The maximum Gasteiger partial charge on any atom is 0.246 e. The van der Waals surface area contributed by atoms with Crippen LogP contribution >= 0.6 is 23.2 Å². The van der Waals surface area contributed by atoms with Crippen LogP contribution in [-0.2, 0) is 10.0 Å². The van der Waals surface area contributed by atoms with Crippen molar-refractivity contribution in [3.05, 3.63) is 22.2 Å². The Morgan fingerprint density at radius 2 is 1.89 bits per heavy atom. The van der Waals surface area contributed by atoms with E-state index < -0.39 is 16.1 Å². The van der Waals surface area contributed by atoms with Gasteiger partial charge in [0.05, 0.1) is 16.1 Å². The summed E-state index contributed by atoms with van der Waals surface area (Å²) in [6.45, 7) is 0.305. The van der Waals surface area contributed by atoms with Gasteiger partial charge in [0.25, 0.3) is 0 Å². The lowest BCUT2D eigenvalue weighted by Crippen LogP contribution is -2.30. The van der Waals surface area contributed by atoms with Crippen LogP contribution in [0.5, 0.6) is 0 Å². The summed E-state index contributed by atoms with van der Waals surface area (Å²) in [4.78, 5) is -0.158. The predicted octanol–water partition coefficient (Wildman–Crippen LogP) is 1.33. The average Bonchev–Trinajstić information content (AvgIpc) is 2.63. The van der Waals surface area contributed by atoms with Crippen LogP contribution in [-0.4, -0.2) is 37.0 Å². The first-order valence-electron chi connectivity index (χ1n) is 5.25. The quantitative estimate of drug-likeness (QED) is 0.807. The number of β-amino-alcohol motifs (C(OH)–C–C–N with tert-alkyl or cyclic N) is 1. The Balaban J connectivity index is 2.48. The molecule has 0 aromatic heterocycles. The third kappa shape index (κ3) is 2.44. The molecule has 1 fully saturated rings. The Hall–Kier alpha value is -0.530. The Morgan fingerprint density at radius 3 is 2.33 bits per heavy atom. The van der Waals surface area contributed by atoms with E-state index in [1.165, 1.54) is 16.4 Å². The molecule has 1 aromatic rings. The molecule has 1 heterocycles. The molecular formula is C10H12Cl2N2O3S. The molecule has 0 aliphatic carbocycles. The molecule has 1 atom stereocenters. The van der Waals surface area contributed by atoms with E-state index in [-0.39, 0.29) is 28.0 Å². The molecule has 1 saturated heterocycles. The molecule has 1 aliphatic rings. The average molecular weight is 311 g/mol. The van der Waals surface area contributed by atoms with Gasteiger partial charge in [0.2, 0.25) is 10.0 Å². The fourth-order valence-corrected chi connectivity index (χ4v) is 4.56. The van der Waals surface area contributed by atoms with Crippen molar-refractivity contribution in [2.24, 2.45) is 0 Å². The number of hydrogen-bond donors (Lipinski definition) is 2. The molecule has 18 heavy (non-hydrogen) atoms. The number of aliphatic hydroxyl groups excluding tert-OH is 1. The van der Waals surface area contributed by atoms with Crippen LogP contribution in [0.2, 0.25) is 10.0 Å². The first-order chi connectivity index (χ1) is 8.32. The van der Waals surface area contributed by atoms with Crippen molar-refractivity contribution in [2.45, 2.75) is 17.4 Å². The van der Waals surface area contributed by atoms with Gasteiger partial charge in [0.1, 0.15) is 4.90 Å². The third-order valence-electron chi connectivity index (χ3n) is 2.74. The van der Waals surface area contributed by atoms with E-state index in [2.05, 4.69) is 0 Å². The molecule has 100 valence electrons. The zero-order valence-corrected chi connectivity index (χ0v) is 11.6. The molecule has 0 bridgehead atoms. The van der Waals surface area contributed by atoms with Gasteiger partial charge in [-0.3, -0.25) is 0 Å². The summed E-state index contributed by atoms with van der Waals surface area (Å²) < 4.78 is 25.8. The largest absolute Gasteiger partial charge is 0.399 e. The minimum absolute atomic E-state index is 0.0126. The summed E-state index contributed by atoms with van der Waals surface area (Å²) in [6.07, 6.45) is -0.241. The summed E-state index contributed by atoms with van der Waals surface area (Å²) in [7, 11) is -3.80. The van der Waals surface area contributed by atoms with Gasteiger partial charge in [-0.15, -0.1) is 0 Å². The Kier molecular flexibility index (Phi) is 3.75. The Labute approximate surface area is 115 Å². The summed E-state index contributed by atoms with van der Waals surface area (Å²) in [5.41, 5.74) is 5.83. The van der Waals surface area contributed by atoms with E-state index in [0.29, 0.717) is 12.1 Å². The highest BCUT2D eigenvalue weighted by Crippen LogP contribution is 2.34. The van der Waals surface area contributed by atoms with Crippen molar-refractivity contribution in [3.8, 4) is 0 Å². The van der Waals surface area contributed by atoms with Crippen LogP contribution in [0.3, 0.4) is 0 Å². The van der Waals surface area contributed by atoms with Gasteiger partial charge in [0, 0.05) is 18.8 Å². The zero-order chi connectivity index (χ0) is 13.5. The number of nitrogens with two attached hydrogens (primary N) is 1. The first-order valence-corrected chi connectivity index (χ1v) is 7.44. The van der Waals surface area contributed by atoms with Gasteiger partial charge < -0.3 is 10.8 Å². The van der Waals surface area contributed by atoms with E-state index in [9.17, 15) is 13.5 Å². The summed E-state index contributed by atoms with van der Waals surface area (Å²) >= 11 is 11.8. The summed E-state index contributed by atoms with van der Waals surface area (Å²) in [5.74, 6) is 0. The topological polar surface area (TPSA) is 83.6 Å². The molecule has 0 radical (unpaired) electrons. The van der Waals surface area contributed by atoms with Gasteiger partial charge in [0.15, 0.2) is 0 Å². The molecule has 3 N–H and O–H groups in total. The molecule has 0 saturated carbocycles. The maximum atomic E-state index is 12.3. The van der Waals surface area contributed by atoms with Crippen molar-refractivity contribution in [2.75, 3.05) is 18.8 Å². The number of anilines is 1. The lowest BCUT2D eigenvalue weighted by molar-refractivity contribution is 0.189. The highest BCUT2D eigenvalue weighted by Gasteiger charge is 2.34. The normalized spacial score (nSPS) is 21.4. The fraction of sp³-hybridized carbons (Fsp3) is 0.400. The van der Waals surface area contributed by atoms with Crippen LogP contribution < -0.4 is 5.73 Å². The Bertz CT molecular complexity index is 553. The summed E-state index contributed by atoms with van der Waals surface area (Å²) in [5, 5.41) is 9.38. The van der Waals surface area contributed by atoms with Gasteiger partial charge >= 0.3 is 0 Å². The predicted molar refractivity (Wildman–Crippen MR) is 70.3 cm³/mol. The lowest BCUT2D eigenvalue weighted by atomic mass is 10.3. The smallest absolute Gasteiger partial charge is 0.246 e. The number of benzene rings is 1. The molecular weight excluding hydrogens is 299 g/mol. The standard InChI is InChI=1S/C10H12Cl2N2O3S/c11-8-3-6(13)4-9(12)10(8)18(16,17)14-2-1-7(15)5-14/h3-4,7,15H,1-2,5,13H2/t7-/m1/s1. The molecule has 1 aliphatic heterocycles. The zero-order valence-electron chi connectivity index (χ0n) is 9.31. The van der Waals surface area contributed by atoms with Crippen molar-refractivity contribution in [1.82, 2.24) is 4.31 Å². The molecule has 5 nitrogen and oxygen atoms in total. The van der Waals surface area contributed by atoms with Gasteiger partial charge in [-0.1, -0.05) is 23.2 Å². The maximum absolute atomic E-state index is 12.3. The van der Waals surface area contributed by atoms with Crippen LogP contribution in [0.1, 0.15) is 6.42 Å². The minimum Gasteiger partial charge on any atom is -0.399 e. The monoisotopic (exact) mass is 310 g/mol. The lowest BCUT2D eigenvalue weighted by Gasteiger charge is -2.17. The number of nitrogen functional groups attached to an aromatic ring is 1. The molecule has 0 unspecified atom stereocenters. The second-order valence-electron chi connectivity index (χ2n) is 4.12. The second-order valence-corrected chi connectivity index (χ2v) is 6.81. The molecule has 1 aromatic carbocycles. The minimum atomic E-state index is -3.80. The molecule has 8 heteroatoms. The highest BCUT2D eigenvalue weighted by atomic mass is 35.5. The SMILES string of the molecule is Nc1cc(Cl)c(S(=O)(=O)N2CC[C@@H](O)C2)c(Cl)c1. The van der Waals surface area contributed by atoms with Crippen LogP contribution in [0, 0.1) is 0 Å². The van der Waals surface area contributed by atoms with Crippen LogP contribution in [0.25, 0.3) is 0 Å². The van der Waals surface area contributed by atoms with Crippen molar-refractivity contribution in [3.63, 3.8) is 0 Å². The van der Waals surface area contributed by atoms with Gasteiger partial charge in [-0.25, -0.2) is 8.42 Å². The van der Waals surface area contributed by atoms with Gasteiger partial charge in [-0.2, -0.15) is 4.31 Å². The number of rotatable bonds is 2. The molecule has 2 rings (SSSR count). The van der Waals surface area contributed by atoms with E-state index in [1.54, 1.807) is 0 Å². The van der Waals surface area contributed by atoms with E-state index in [4.69, 9.17) is 28.9 Å².